The van der Waals surface area contributed by atoms with Crippen molar-refractivity contribution < 1.29 is 13.9 Å². The third kappa shape index (κ3) is 1.59. The summed E-state index contributed by atoms with van der Waals surface area (Å²) in [5.74, 6) is -0.867. The molecule has 1 N–H and O–H groups in total. The Balaban J connectivity index is 3.01. The van der Waals surface area contributed by atoms with Gasteiger partial charge in [0, 0.05) is 12.0 Å². The molecule has 0 saturated carbocycles. The Morgan fingerprint density at radius 2 is 2.18 bits per heavy atom. The molecule has 1 aliphatic carbocycles. The Morgan fingerprint density at radius 1 is 1.64 bits per heavy atom. The van der Waals surface area contributed by atoms with Crippen LogP contribution in [0.1, 0.15) is 20.3 Å². The standard InChI is InChI=1S/C8H10F2O/c1-5-6(9)3-8(2,10)4-7(5)11/h4,11H,3H2,1-2H3. The predicted molar refractivity (Wildman–Crippen MR) is 38.6 cm³/mol. The van der Waals surface area contributed by atoms with Crippen LogP contribution in [-0.4, -0.2) is 10.8 Å². The predicted octanol–water partition coefficient (Wildman–Crippen LogP) is 2.80. The van der Waals surface area contributed by atoms with Gasteiger partial charge >= 0.3 is 0 Å². The van der Waals surface area contributed by atoms with E-state index in [0.29, 0.717) is 0 Å². The molecule has 0 spiro atoms. The summed E-state index contributed by atoms with van der Waals surface area (Å²) in [5.41, 5.74) is -1.60. The van der Waals surface area contributed by atoms with Gasteiger partial charge in [0.15, 0.2) is 0 Å². The van der Waals surface area contributed by atoms with E-state index in [1.54, 1.807) is 0 Å². The number of aliphatic hydroxyl groups excluding tert-OH is 1. The van der Waals surface area contributed by atoms with Crippen LogP contribution in [-0.2, 0) is 0 Å². The van der Waals surface area contributed by atoms with E-state index < -0.39 is 11.5 Å². The molecule has 1 rings (SSSR count). The van der Waals surface area contributed by atoms with E-state index in [-0.39, 0.29) is 17.8 Å². The van der Waals surface area contributed by atoms with Crippen molar-refractivity contribution in [2.75, 3.05) is 0 Å². The Hall–Kier alpha value is -0.860. The average molecular weight is 160 g/mol. The van der Waals surface area contributed by atoms with Crippen molar-refractivity contribution in [1.82, 2.24) is 0 Å². The highest BCUT2D eigenvalue weighted by Gasteiger charge is 2.29. The first-order valence-electron chi connectivity index (χ1n) is 3.39. The molecule has 0 aromatic heterocycles. The molecule has 3 heteroatoms. The summed E-state index contributed by atoms with van der Waals surface area (Å²) in [6.45, 7) is 2.66. The smallest absolute Gasteiger partial charge is 0.136 e. The summed E-state index contributed by atoms with van der Waals surface area (Å²) in [4.78, 5) is 0. The maximum atomic E-state index is 13.0. The van der Waals surface area contributed by atoms with E-state index in [4.69, 9.17) is 5.11 Å². The fourth-order valence-electron chi connectivity index (χ4n) is 1.02. The minimum atomic E-state index is -1.74. The van der Waals surface area contributed by atoms with Crippen LogP contribution >= 0.6 is 0 Å². The summed E-state index contributed by atoms with van der Waals surface area (Å²) in [5, 5.41) is 9.01. The van der Waals surface area contributed by atoms with E-state index in [2.05, 4.69) is 0 Å². The largest absolute Gasteiger partial charge is 0.508 e. The zero-order chi connectivity index (χ0) is 8.65. The lowest BCUT2D eigenvalue weighted by atomic mass is 9.94. The highest BCUT2D eigenvalue weighted by molar-refractivity contribution is 5.33. The van der Waals surface area contributed by atoms with E-state index in [1.807, 2.05) is 0 Å². The summed E-state index contributed by atoms with van der Waals surface area (Å²) in [6, 6.07) is 0. The third-order valence-electron chi connectivity index (χ3n) is 1.73. The lowest BCUT2D eigenvalue weighted by Crippen LogP contribution is -2.19. The van der Waals surface area contributed by atoms with Crippen LogP contribution in [0.15, 0.2) is 23.2 Å². The summed E-state index contributed by atoms with van der Waals surface area (Å²) < 4.78 is 25.8. The van der Waals surface area contributed by atoms with Crippen LogP contribution in [0.4, 0.5) is 8.78 Å². The number of hydrogen-bond acceptors (Lipinski definition) is 1. The van der Waals surface area contributed by atoms with Crippen molar-refractivity contribution in [3.63, 3.8) is 0 Å². The zero-order valence-corrected chi connectivity index (χ0v) is 6.49. The fraction of sp³-hybridized carbons (Fsp3) is 0.500. The van der Waals surface area contributed by atoms with Gasteiger partial charge in [0.05, 0.1) is 0 Å². The second-order valence-electron chi connectivity index (χ2n) is 3.01. The Morgan fingerprint density at radius 3 is 2.64 bits per heavy atom. The van der Waals surface area contributed by atoms with E-state index in [0.717, 1.165) is 6.08 Å². The van der Waals surface area contributed by atoms with Gasteiger partial charge in [-0.05, 0) is 19.9 Å². The molecule has 1 atom stereocenters. The Labute approximate surface area is 64.0 Å². The van der Waals surface area contributed by atoms with Crippen LogP contribution < -0.4 is 0 Å². The van der Waals surface area contributed by atoms with Gasteiger partial charge in [-0.3, -0.25) is 0 Å². The first kappa shape index (κ1) is 8.24. The third-order valence-corrected chi connectivity index (χ3v) is 1.73. The molecule has 1 aliphatic rings. The summed E-state index contributed by atoms with van der Waals surface area (Å²) >= 11 is 0. The van der Waals surface area contributed by atoms with Crippen molar-refractivity contribution in [3.05, 3.63) is 23.2 Å². The number of halogens is 2. The second kappa shape index (κ2) is 2.32. The van der Waals surface area contributed by atoms with Crippen molar-refractivity contribution in [1.29, 1.82) is 0 Å². The van der Waals surface area contributed by atoms with Gasteiger partial charge < -0.3 is 5.11 Å². The lowest BCUT2D eigenvalue weighted by Gasteiger charge is -2.21. The molecule has 0 bridgehead atoms. The van der Waals surface area contributed by atoms with Crippen LogP contribution in [0, 0.1) is 0 Å². The maximum absolute atomic E-state index is 13.0. The minimum Gasteiger partial charge on any atom is -0.508 e. The molecule has 62 valence electrons. The summed E-state index contributed by atoms with van der Waals surface area (Å²) in [7, 11) is 0. The number of allylic oxidation sites excluding steroid dienone is 3. The molecule has 0 aromatic carbocycles. The molecule has 0 saturated heterocycles. The normalized spacial score (nSPS) is 32.2. The van der Waals surface area contributed by atoms with Gasteiger partial charge in [-0.25, -0.2) is 8.78 Å². The molecule has 0 fully saturated rings. The summed E-state index contributed by atoms with van der Waals surface area (Å²) in [6.07, 6.45) is 0.758. The molecule has 0 heterocycles. The molecule has 11 heavy (non-hydrogen) atoms. The van der Waals surface area contributed by atoms with Gasteiger partial charge in [-0.15, -0.1) is 0 Å². The van der Waals surface area contributed by atoms with Gasteiger partial charge in [-0.1, -0.05) is 0 Å². The van der Waals surface area contributed by atoms with Crippen LogP contribution in [0.5, 0.6) is 0 Å². The molecule has 0 aromatic rings. The molecule has 0 radical (unpaired) electrons. The highest BCUT2D eigenvalue weighted by atomic mass is 19.1. The van der Waals surface area contributed by atoms with Crippen molar-refractivity contribution in [2.24, 2.45) is 0 Å². The van der Waals surface area contributed by atoms with Crippen molar-refractivity contribution in [3.8, 4) is 0 Å². The van der Waals surface area contributed by atoms with Crippen molar-refractivity contribution >= 4 is 0 Å². The van der Waals surface area contributed by atoms with Crippen LogP contribution in [0.2, 0.25) is 0 Å². The quantitative estimate of drug-likeness (QED) is 0.577. The number of hydrogen-bond donors (Lipinski definition) is 1. The van der Waals surface area contributed by atoms with E-state index in [9.17, 15) is 8.78 Å². The number of alkyl halides is 1. The van der Waals surface area contributed by atoms with Gasteiger partial charge in [0.1, 0.15) is 17.3 Å². The number of rotatable bonds is 0. The van der Waals surface area contributed by atoms with E-state index in [1.165, 1.54) is 13.8 Å². The lowest BCUT2D eigenvalue weighted by molar-refractivity contribution is 0.224. The number of aliphatic hydroxyl groups is 1. The molecular weight excluding hydrogens is 150 g/mol. The molecular formula is C8H10F2O. The minimum absolute atomic E-state index is 0.139. The second-order valence-corrected chi connectivity index (χ2v) is 3.01. The molecule has 0 amide bonds. The molecule has 0 aliphatic heterocycles. The first-order chi connectivity index (χ1) is 4.92. The van der Waals surface area contributed by atoms with Gasteiger partial charge in [-0.2, -0.15) is 0 Å². The van der Waals surface area contributed by atoms with Gasteiger partial charge in [0.25, 0.3) is 0 Å². The molecule has 1 unspecified atom stereocenters. The van der Waals surface area contributed by atoms with Crippen LogP contribution in [0.25, 0.3) is 0 Å². The maximum Gasteiger partial charge on any atom is 0.136 e. The fourth-order valence-corrected chi connectivity index (χ4v) is 1.02. The van der Waals surface area contributed by atoms with Gasteiger partial charge in [0.2, 0.25) is 0 Å². The van der Waals surface area contributed by atoms with Crippen LogP contribution in [0.3, 0.4) is 0 Å². The SMILES string of the molecule is CC1=C(F)CC(C)(F)C=C1O. The molecule has 1 nitrogen and oxygen atoms in total. The highest BCUT2D eigenvalue weighted by Crippen LogP contribution is 2.33. The Bertz CT molecular complexity index is 238. The monoisotopic (exact) mass is 160 g/mol. The van der Waals surface area contributed by atoms with Crippen molar-refractivity contribution in [2.45, 2.75) is 25.9 Å². The zero-order valence-electron chi connectivity index (χ0n) is 6.49. The topological polar surface area (TPSA) is 20.2 Å². The van der Waals surface area contributed by atoms with E-state index >= 15 is 0 Å². The average Bonchev–Trinajstić information content (AvgIpc) is 1.81. The Kier molecular flexibility index (Phi) is 1.74. The first-order valence-corrected chi connectivity index (χ1v) is 3.39.